The number of thioether (sulfide) groups is 1. The molecule has 0 aliphatic heterocycles. The van der Waals surface area contributed by atoms with E-state index in [-0.39, 0.29) is 18.1 Å². The van der Waals surface area contributed by atoms with E-state index in [0.29, 0.717) is 20.4 Å². The van der Waals surface area contributed by atoms with E-state index >= 15 is 0 Å². The maximum Gasteiger partial charge on any atom is 0.337 e. The van der Waals surface area contributed by atoms with Crippen molar-refractivity contribution in [2.24, 2.45) is 0 Å². The average Bonchev–Trinajstić information content (AvgIpc) is 3.20. The molecule has 7 nitrogen and oxygen atoms in total. The molecule has 0 aliphatic carbocycles. The van der Waals surface area contributed by atoms with Gasteiger partial charge in [0.05, 0.1) is 5.69 Å². The van der Waals surface area contributed by atoms with Crippen LogP contribution in [0.25, 0.3) is 16.0 Å². The Morgan fingerprint density at radius 2 is 1.75 bits per heavy atom. The van der Waals surface area contributed by atoms with Gasteiger partial charge in [0.25, 0.3) is 5.56 Å². The molecule has 9 heteroatoms. The predicted molar refractivity (Wildman–Crippen MR) is 131 cm³/mol. The summed E-state index contributed by atoms with van der Waals surface area (Å²) in [6.45, 7) is 5.52. The van der Waals surface area contributed by atoms with Gasteiger partial charge in [-0.2, -0.15) is 0 Å². The lowest BCUT2D eigenvalue weighted by molar-refractivity contribution is -0.116. The predicted octanol–water partition coefficient (Wildman–Crippen LogP) is 3.89. The molecule has 0 saturated carbocycles. The number of carbonyl (C=O) groups excluding carboxylic acids is 1. The minimum absolute atomic E-state index is 0.230. The number of aryl methyl sites for hydroxylation is 3. The fraction of sp³-hybridized carbons (Fsp3) is 0.217. The third-order valence-corrected chi connectivity index (χ3v) is 7.12. The van der Waals surface area contributed by atoms with Crippen molar-refractivity contribution in [3.8, 4) is 5.69 Å². The maximum atomic E-state index is 13.4. The number of aromatic nitrogens is 3. The van der Waals surface area contributed by atoms with Crippen LogP contribution in [0.5, 0.6) is 0 Å². The van der Waals surface area contributed by atoms with Crippen molar-refractivity contribution < 1.29 is 4.79 Å². The van der Waals surface area contributed by atoms with Crippen LogP contribution in [0.2, 0.25) is 0 Å². The Morgan fingerprint density at radius 1 is 1.06 bits per heavy atom. The largest absolute Gasteiger partial charge is 0.337 e. The first kappa shape index (κ1) is 22.0. The Kier molecular flexibility index (Phi) is 6.03. The van der Waals surface area contributed by atoms with Crippen LogP contribution in [0.1, 0.15) is 16.7 Å². The van der Waals surface area contributed by atoms with Crippen LogP contribution < -0.4 is 16.6 Å². The van der Waals surface area contributed by atoms with Crippen LogP contribution in [-0.4, -0.2) is 26.3 Å². The zero-order valence-corrected chi connectivity index (χ0v) is 19.8. The molecule has 0 radical (unpaired) electrons. The number of amides is 1. The van der Waals surface area contributed by atoms with E-state index in [9.17, 15) is 14.4 Å². The molecule has 1 N–H and O–H groups in total. The molecular weight excluding hydrogens is 444 g/mol. The second-order valence-corrected chi connectivity index (χ2v) is 9.60. The summed E-state index contributed by atoms with van der Waals surface area (Å²) in [6, 6.07) is 12.9. The van der Waals surface area contributed by atoms with Gasteiger partial charge in [-0.15, -0.1) is 11.3 Å². The normalized spacial score (nSPS) is 11.1. The minimum atomic E-state index is -0.597. The Hall–Kier alpha value is -3.17. The first-order valence-corrected chi connectivity index (χ1v) is 12.0. The van der Waals surface area contributed by atoms with Gasteiger partial charge in [0, 0.05) is 5.69 Å². The highest BCUT2D eigenvalue weighted by Gasteiger charge is 2.20. The second kappa shape index (κ2) is 8.76. The van der Waals surface area contributed by atoms with Gasteiger partial charge in [0.2, 0.25) is 5.91 Å². The summed E-state index contributed by atoms with van der Waals surface area (Å²) < 4.78 is 3.37. The van der Waals surface area contributed by atoms with Crippen LogP contribution in [0.15, 0.2) is 56.4 Å². The molecule has 0 bridgehead atoms. The summed E-state index contributed by atoms with van der Waals surface area (Å²) in [6.07, 6.45) is 1.85. The van der Waals surface area contributed by atoms with E-state index in [1.54, 1.807) is 12.1 Å². The molecule has 0 unspecified atom stereocenters. The topological polar surface area (TPSA) is 86.0 Å². The van der Waals surface area contributed by atoms with Gasteiger partial charge in [0.15, 0.2) is 9.99 Å². The third-order valence-electron chi connectivity index (χ3n) is 5.10. The quantitative estimate of drug-likeness (QED) is 0.451. The molecule has 0 saturated heterocycles. The standard InChI is InChI=1S/C23H22N4O3S2/c1-13-6-9-16(10-7-13)27-21(29)19-20(25-22(31-4)32-19)26(23(27)30)12-18(28)24-17-11-14(2)5-8-15(17)3/h5-11H,12H2,1-4H3,(H,24,28). The van der Waals surface area contributed by atoms with Crippen molar-refractivity contribution in [1.82, 2.24) is 14.1 Å². The number of nitrogens with zero attached hydrogens (tertiary/aromatic N) is 3. The van der Waals surface area contributed by atoms with Gasteiger partial charge in [-0.1, -0.05) is 41.6 Å². The SMILES string of the molecule is CSc1nc2c(s1)c(=O)n(-c1ccc(C)cc1)c(=O)n2CC(=O)Nc1cc(C)ccc1C. The maximum absolute atomic E-state index is 13.4. The minimum Gasteiger partial charge on any atom is -0.324 e. The number of rotatable bonds is 5. The lowest BCUT2D eigenvalue weighted by Gasteiger charge is -2.13. The Balaban J connectivity index is 1.84. The fourth-order valence-electron chi connectivity index (χ4n) is 3.37. The van der Waals surface area contributed by atoms with Gasteiger partial charge in [-0.25, -0.2) is 14.3 Å². The molecule has 0 fully saturated rings. The number of nitrogens with one attached hydrogen (secondary N) is 1. The van der Waals surface area contributed by atoms with Gasteiger partial charge in [0.1, 0.15) is 11.2 Å². The summed E-state index contributed by atoms with van der Waals surface area (Å²) in [5, 5.41) is 2.88. The highest BCUT2D eigenvalue weighted by Crippen LogP contribution is 2.25. The van der Waals surface area contributed by atoms with E-state index in [1.807, 2.05) is 57.4 Å². The smallest absolute Gasteiger partial charge is 0.324 e. The number of anilines is 1. The van der Waals surface area contributed by atoms with E-state index in [2.05, 4.69) is 10.3 Å². The van der Waals surface area contributed by atoms with Crippen LogP contribution in [0.3, 0.4) is 0 Å². The van der Waals surface area contributed by atoms with Crippen molar-refractivity contribution in [2.45, 2.75) is 31.7 Å². The van der Waals surface area contributed by atoms with Crippen LogP contribution >= 0.6 is 23.1 Å². The number of benzene rings is 2. The molecule has 2 aromatic carbocycles. The fourth-order valence-corrected chi connectivity index (χ4v) is 4.86. The first-order valence-electron chi connectivity index (χ1n) is 9.93. The molecule has 2 heterocycles. The molecule has 4 rings (SSSR count). The monoisotopic (exact) mass is 466 g/mol. The summed E-state index contributed by atoms with van der Waals surface area (Å²) in [7, 11) is 0. The van der Waals surface area contributed by atoms with Crippen molar-refractivity contribution in [3.05, 3.63) is 80.0 Å². The lowest BCUT2D eigenvalue weighted by Crippen LogP contribution is -2.40. The zero-order chi connectivity index (χ0) is 23.0. The molecule has 2 aromatic heterocycles. The average molecular weight is 467 g/mol. The molecule has 4 aromatic rings. The summed E-state index contributed by atoms with van der Waals surface area (Å²) in [5.74, 6) is -0.366. The number of fused-ring (bicyclic) bond motifs is 1. The van der Waals surface area contributed by atoms with Crippen LogP contribution in [0, 0.1) is 20.8 Å². The van der Waals surface area contributed by atoms with Crippen molar-refractivity contribution in [2.75, 3.05) is 11.6 Å². The highest BCUT2D eigenvalue weighted by molar-refractivity contribution is 8.00. The van der Waals surface area contributed by atoms with Gasteiger partial charge in [-0.05, 0) is 56.4 Å². The van der Waals surface area contributed by atoms with Crippen molar-refractivity contribution in [3.63, 3.8) is 0 Å². The molecule has 1 amide bonds. The van der Waals surface area contributed by atoms with E-state index in [1.165, 1.54) is 27.7 Å². The lowest BCUT2D eigenvalue weighted by atomic mass is 10.1. The number of thiazole rings is 1. The van der Waals surface area contributed by atoms with Gasteiger partial charge < -0.3 is 5.32 Å². The first-order chi connectivity index (χ1) is 15.3. The Labute approximate surface area is 192 Å². The molecular formula is C23H22N4O3S2. The van der Waals surface area contributed by atoms with Gasteiger partial charge in [-0.3, -0.25) is 14.2 Å². The number of carbonyl (C=O) groups is 1. The number of hydrogen-bond acceptors (Lipinski definition) is 6. The zero-order valence-electron chi connectivity index (χ0n) is 18.1. The van der Waals surface area contributed by atoms with Gasteiger partial charge >= 0.3 is 5.69 Å². The third kappa shape index (κ3) is 4.13. The van der Waals surface area contributed by atoms with Crippen molar-refractivity contribution >= 4 is 45.0 Å². The molecule has 32 heavy (non-hydrogen) atoms. The van der Waals surface area contributed by atoms with Crippen LogP contribution in [-0.2, 0) is 11.3 Å². The van der Waals surface area contributed by atoms with Crippen molar-refractivity contribution in [1.29, 1.82) is 0 Å². The van der Waals surface area contributed by atoms with E-state index in [4.69, 9.17) is 0 Å². The summed E-state index contributed by atoms with van der Waals surface area (Å²) in [4.78, 5) is 43.9. The van der Waals surface area contributed by atoms with E-state index < -0.39 is 11.2 Å². The van der Waals surface area contributed by atoms with Crippen LogP contribution in [0.4, 0.5) is 5.69 Å². The molecule has 0 aliphatic rings. The molecule has 0 spiro atoms. The molecule has 0 atom stereocenters. The Morgan fingerprint density at radius 3 is 2.44 bits per heavy atom. The number of hydrogen-bond donors (Lipinski definition) is 1. The molecule has 164 valence electrons. The summed E-state index contributed by atoms with van der Waals surface area (Å²) >= 11 is 2.61. The van der Waals surface area contributed by atoms with E-state index in [0.717, 1.165) is 21.3 Å². The second-order valence-electron chi connectivity index (χ2n) is 7.55. The summed E-state index contributed by atoms with van der Waals surface area (Å²) in [5.41, 5.74) is 3.29. The highest BCUT2D eigenvalue weighted by atomic mass is 32.2. The Bertz CT molecular complexity index is 1450.